The van der Waals surface area contributed by atoms with Crippen LogP contribution < -0.4 is 10.4 Å². The van der Waals surface area contributed by atoms with Gasteiger partial charge in [0.1, 0.15) is 18.1 Å². The first-order chi connectivity index (χ1) is 19.2. The fourth-order valence-electron chi connectivity index (χ4n) is 6.70. The van der Waals surface area contributed by atoms with E-state index in [0.717, 1.165) is 31.4 Å². The molecule has 9 heteroatoms. The minimum atomic E-state index is -1.68. The number of hydrogen-bond acceptors (Lipinski definition) is 7. The summed E-state index contributed by atoms with van der Waals surface area (Å²) in [7, 11) is -1.68. The third-order valence-electron chi connectivity index (χ3n) is 8.55. The molecule has 0 unspecified atom stereocenters. The molecule has 3 N–H and O–H groups in total. The maximum atomic E-state index is 13.8. The zero-order valence-corrected chi connectivity index (χ0v) is 23.4. The Morgan fingerprint density at radius 2 is 1.93 bits per heavy atom. The highest BCUT2D eigenvalue weighted by molar-refractivity contribution is 6.58. The van der Waals surface area contributed by atoms with Crippen LogP contribution in [0.25, 0.3) is 6.08 Å². The minimum absolute atomic E-state index is 0.113. The lowest BCUT2D eigenvalue weighted by Crippen LogP contribution is -2.36. The average molecular weight is 547 g/mol. The summed E-state index contributed by atoms with van der Waals surface area (Å²) >= 11 is 0. The maximum absolute atomic E-state index is 13.8. The van der Waals surface area contributed by atoms with E-state index in [0.29, 0.717) is 24.5 Å². The summed E-state index contributed by atoms with van der Waals surface area (Å²) in [5.74, 6) is -0.0531. The van der Waals surface area contributed by atoms with Gasteiger partial charge in [0.25, 0.3) is 0 Å². The number of imide groups is 1. The number of aliphatic hydroxyl groups excluding tert-OH is 1. The Morgan fingerprint density at radius 1 is 1.12 bits per heavy atom. The van der Waals surface area contributed by atoms with Crippen LogP contribution in [0.3, 0.4) is 0 Å². The molecule has 2 saturated heterocycles. The van der Waals surface area contributed by atoms with Gasteiger partial charge in [0.2, 0.25) is 11.8 Å². The Morgan fingerprint density at radius 3 is 2.60 bits per heavy atom. The van der Waals surface area contributed by atoms with Crippen LogP contribution in [-0.2, 0) is 20.9 Å². The lowest BCUT2D eigenvalue weighted by atomic mass is 9.67. The van der Waals surface area contributed by atoms with E-state index in [2.05, 4.69) is 26.8 Å². The molecule has 3 heterocycles. The van der Waals surface area contributed by atoms with Crippen molar-refractivity contribution in [3.8, 4) is 0 Å². The van der Waals surface area contributed by atoms with Gasteiger partial charge in [0.15, 0.2) is 0 Å². The number of hydrogen-bond donors (Lipinski definition) is 3. The molecule has 2 aliphatic heterocycles. The normalized spacial score (nSPS) is 24.8. The van der Waals surface area contributed by atoms with E-state index in [1.807, 2.05) is 6.07 Å². The number of carbonyl (C=O) groups is 2. The molecule has 8 nitrogen and oxygen atoms in total. The second-order valence-corrected chi connectivity index (χ2v) is 11.4. The van der Waals surface area contributed by atoms with Gasteiger partial charge in [0, 0.05) is 5.92 Å². The van der Waals surface area contributed by atoms with Gasteiger partial charge in [-0.2, -0.15) is 0 Å². The van der Waals surface area contributed by atoms with E-state index < -0.39 is 19.0 Å². The smallest absolute Gasteiger partial charge is 0.459 e. The molecule has 1 aliphatic carbocycles. The summed E-state index contributed by atoms with van der Waals surface area (Å²) < 4.78 is 12.1. The first-order valence-electron chi connectivity index (χ1n) is 14.3. The molecule has 40 heavy (non-hydrogen) atoms. The molecule has 0 spiro atoms. The molecule has 3 aliphatic rings. The molecule has 2 aromatic rings. The number of allylic oxidation sites excluding steroid dienone is 2. The van der Waals surface area contributed by atoms with Gasteiger partial charge in [-0.25, -0.2) is 0 Å². The molecule has 2 amide bonds. The molecule has 0 bridgehead atoms. The van der Waals surface area contributed by atoms with Crippen molar-refractivity contribution in [2.24, 2.45) is 23.7 Å². The fraction of sp³-hybridized carbons (Fsp3) is 0.484. The molecule has 5 rings (SSSR count). The van der Waals surface area contributed by atoms with Crippen LogP contribution in [0.4, 0.5) is 5.69 Å². The second kappa shape index (κ2) is 11.9. The van der Waals surface area contributed by atoms with Crippen molar-refractivity contribution < 1.29 is 33.9 Å². The molecule has 1 aromatic carbocycles. The largest absolute Gasteiger partial charge is 0.488 e. The molecule has 0 saturated carbocycles. The Balaban J connectivity index is 1.39. The summed E-state index contributed by atoms with van der Waals surface area (Å²) in [4.78, 5) is 28.7. The zero-order chi connectivity index (χ0) is 28.6. The third kappa shape index (κ3) is 5.35. The lowest BCUT2D eigenvalue weighted by Gasteiger charge is -2.33. The van der Waals surface area contributed by atoms with E-state index in [4.69, 9.17) is 9.15 Å². The van der Waals surface area contributed by atoms with E-state index in [-0.39, 0.29) is 41.8 Å². The molecule has 212 valence electrons. The topological polar surface area (TPSA) is 120 Å². The Bertz CT molecular complexity index is 1330. The number of rotatable bonds is 10. The second-order valence-electron chi connectivity index (χ2n) is 11.4. The highest BCUT2D eigenvalue weighted by Gasteiger charge is 2.57. The van der Waals surface area contributed by atoms with Crippen molar-refractivity contribution in [1.29, 1.82) is 0 Å². The fourth-order valence-corrected chi connectivity index (χ4v) is 6.70. The number of nitrogens with zero attached hydrogens (tertiary/aromatic N) is 1. The van der Waals surface area contributed by atoms with Gasteiger partial charge in [-0.05, 0) is 73.0 Å². The van der Waals surface area contributed by atoms with Crippen molar-refractivity contribution in [1.82, 2.24) is 0 Å². The highest BCUT2D eigenvalue weighted by Crippen LogP contribution is 2.52. The summed E-state index contributed by atoms with van der Waals surface area (Å²) in [6.07, 6.45) is 6.00. The number of fused-ring (bicyclic) bond motifs is 3. The quantitative estimate of drug-likeness (QED) is 0.236. The van der Waals surface area contributed by atoms with Gasteiger partial charge in [-0.15, -0.1) is 0 Å². The van der Waals surface area contributed by atoms with Gasteiger partial charge >= 0.3 is 7.12 Å². The Kier molecular flexibility index (Phi) is 8.47. The van der Waals surface area contributed by atoms with Crippen LogP contribution in [0.2, 0.25) is 0 Å². The SMILES string of the molecule is CCC/C(=C\c1ccc(CO)o1)CC[C@H]1OC[C@H]2C1=C(C(C)C)C[C@H]1C(=O)N(c3cccc(B(O)O)c3)C(=O)[C@H]12. The van der Waals surface area contributed by atoms with Crippen LogP contribution >= 0.6 is 0 Å². The van der Waals surface area contributed by atoms with Gasteiger partial charge in [-0.3, -0.25) is 14.5 Å². The Hall–Kier alpha value is -2.98. The van der Waals surface area contributed by atoms with Gasteiger partial charge in [0.05, 0.1) is 30.2 Å². The van der Waals surface area contributed by atoms with Crippen LogP contribution in [0.5, 0.6) is 0 Å². The summed E-state index contributed by atoms with van der Waals surface area (Å²) in [5, 5.41) is 28.6. The molecular formula is C31H38BNO7. The van der Waals surface area contributed by atoms with Crippen LogP contribution in [0, 0.1) is 23.7 Å². The van der Waals surface area contributed by atoms with Crippen LogP contribution in [-0.4, -0.2) is 46.8 Å². The number of aliphatic hydroxyl groups is 1. The van der Waals surface area contributed by atoms with Crippen molar-refractivity contribution in [2.45, 2.75) is 65.6 Å². The highest BCUT2D eigenvalue weighted by atomic mass is 16.5. The van der Waals surface area contributed by atoms with Crippen molar-refractivity contribution in [3.63, 3.8) is 0 Å². The standard InChI is InChI=1S/C31H38BNO7/c1-4-6-19(13-22-10-11-23(16-34)40-22)9-12-27-28-24(18(2)3)15-25-29(26(28)17-39-27)31(36)33(30(25)35)21-8-5-7-20(14-21)32(37)38/h5,7-8,10-11,13-14,18,25-27,29,34,37-38H,4,6,9,12,15-17H2,1-3H3/b19-13+/t25-,26+,27-,29-/m1/s1. The predicted octanol–water partition coefficient (Wildman–Crippen LogP) is 3.59. The average Bonchev–Trinajstić information content (AvgIpc) is 3.63. The number of carbonyl (C=O) groups excluding carboxylic acids is 2. The first kappa shape index (κ1) is 28.5. The summed E-state index contributed by atoms with van der Waals surface area (Å²) in [5.41, 5.74) is 4.26. The molecule has 0 radical (unpaired) electrons. The molecule has 2 fully saturated rings. The minimum Gasteiger partial charge on any atom is -0.459 e. The number of amides is 2. The van der Waals surface area contributed by atoms with Crippen LogP contribution in [0.15, 0.2) is 57.5 Å². The number of furan rings is 1. The van der Waals surface area contributed by atoms with Gasteiger partial charge < -0.3 is 24.3 Å². The number of ether oxygens (including phenoxy) is 1. The molecular weight excluding hydrogens is 509 g/mol. The van der Waals surface area contributed by atoms with Crippen molar-refractivity contribution in [3.05, 3.63) is 64.6 Å². The van der Waals surface area contributed by atoms with E-state index in [9.17, 15) is 24.7 Å². The zero-order valence-electron chi connectivity index (χ0n) is 23.4. The van der Waals surface area contributed by atoms with Crippen molar-refractivity contribution in [2.75, 3.05) is 11.5 Å². The maximum Gasteiger partial charge on any atom is 0.488 e. The van der Waals surface area contributed by atoms with E-state index in [1.165, 1.54) is 27.7 Å². The van der Waals surface area contributed by atoms with Crippen LogP contribution in [0.1, 0.15) is 64.4 Å². The lowest BCUT2D eigenvalue weighted by molar-refractivity contribution is -0.122. The number of benzene rings is 1. The van der Waals surface area contributed by atoms with Crippen molar-refractivity contribution >= 4 is 36.2 Å². The molecule has 1 aromatic heterocycles. The first-order valence-corrected chi connectivity index (χ1v) is 14.3. The van der Waals surface area contributed by atoms with Gasteiger partial charge in [-0.1, -0.05) is 50.5 Å². The van der Waals surface area contributed by atoms with E-state index in [1.54, 1.807) is 24.3 Å². The van der Waals surface area contributed by atoms with E-state index >= 15 is 0 Å². The third-order valence-corrected chi connectivity index (χ3v) is 8.55. The summed E-state index contributed by atoms with van der Waals surface area (Å²) in [6.45, 7) is 6.69. The Labute approximate surface area is 235 Å². The predicted molar refractivity (Wildman–Crippen MR) is 152 cm³/mol. The number of anilines is 1. The summed E-state index contributed by atoms with van der Waals surface area (Å²) in [6, 6.07) is 9.98. The molecule has 4 atom stereocenters. The monoisotopic (exact) mass is 547 g/mol.